The summed E-state index contributed by atoms with van der Waals surface area (Å²) in [6, 6.07) is 10.5. The highest BCUT2D eigenvalue weighted by Gasteiger charge is 2.24. The van der Waals surface area contributed by atoms with Gasteiger partial charge in [-0.25, -0.2) is 9.37 Å². The van der Waals surface area contributed by atoms with E-state index >= 15 is 0 Å². The second-order valence-corrected chi connectivity index (χ2v) is 9.11. The summed E-state index contributed by atoms with van der Waals surface area (Å²) in [4.78, 5) is 6.18. The number of halogens is 1. The number of aromatic nitrogens is 4. The minimum Gasteiger partial charge on any atom is -0.397 e. The fraction of sp³-hybridized carbons (Fsp3) is 0.286. The van der Waals surface area contributed by atoms with Crippen molar-refractivity contribution >= 4 is 39.0 Å². The van der Waals surface area contributed by atoms with E-state index in [1.54, 1.807) is 18.3 Å². The molecule has 154 valence electrons. The second kappa shape index (κ2) is 8.33. The lowest BCUT2D eigenvalue weighted by molar-refractivity contribution is 0.0953. The molecule has 4 heterocycles. The van der Waals surface area contributed by atoms with Gasteiger partial charge in [-0.3, -0.25) is 4.57 Å². The summed E-state index contributed by atoms with van der Waals surface area (Å²) in [5.74, 6) is 1.10. The molecule has 0 amide bonds. The number of pyridine rings is 1. The van der Waals surface area contributed by atoms with Crippen LogP contribution in [0.25, 0.3) is 20.9 Å². The summed E-state index contributed by atoms with van der Waals surface area (Å²) in [7, 11) is 0. The molecule has 1 aromatic carbocycles. The monoisotopic (exact) mass is 441 g/mol. The fourth-order valence-corrected chi connectivity index (χ4v) is 5.56. The Bertz CT molecular complexity index is 1190. The second-order valence-electron chi connectivity index (χ2n) is 7.17. The maximum absolute atomic E-state index is 13.5. The summed E-state index contributed by atoms with van der Waals surface area (Å²) >= 11 is 3.06. The zero-order valence-corrected chi connectivity index (χ0v) is 17.8. The van der Waals surface area contributed by atoms with Gasteiger partial charge in [0.1, 0.15) is 10.6 Å². The lowest BCUT2D eigenvalue weighted by atomic mass is 10.2. The molecule has 0 saturated carbocycles. The van der Waals surface area contributed by atoms with Gasteiger partial charge in [0, 0.05) is 23.9 Å². The molecule has 0 radical (unpaired) electrons. The van der Waals surface area contributed by atoms with E-state index in [2.05, 4.69) is 19.7 Å². The third-order valence-electron chi connectivity index (χ3n) is 5.09. The van der Waals surface area contributed by atoms with Crippen LogP contribution in [0.15, 0.2) is 47.8 Å². The number of hydrogen-bond donors (Lipinski definition) is 1. The number of nitrogens with zero attached hydrogens (tertiary/aromatic N) is 4. The zero-order valence-electron chi connectivity index (χ0n) is 16.1. The van der Waals surface area contributed by atoms with Gasteiger partial charge < -0.3 is 10.5 Å². The molecule has 30 heavy (non-hydrogen) atoms. The van der Waals surface area contributed by atoms with Gasteiger partial charge in [-0.05, 0) is 42.7 Å². The van der Waals surface area contributed by atoms with E-state index in [4.69, 9.17) is 10.5 Å². The average Bonchev–Trinajstić information content (AvgIpc) is 3.47. The van der Waals surface area contributed by atoms with Crippen molar-refractivity contribution in [3.05, 3.63) is 54.0 Å². The van der Waals surface area contributed by atoms with Crippen LogP contribution in [0.3, 0.4) is 0 Å². The fourth-order valence-electron chi connectivity index (χ4n) is 3.61. The number of thioether (sulfide) groups is 1. The summed E-state index contributed by atoms with van der Waals surface area (Å²) < 4.78 is 21.5. The van der Waals surface area contributed by atoms with Crippen LogP contribution in [0, 0.1) is 5.82 Å². The normalized spacial score (nSPS) is 16.5. The number of fused-ring (bicyclic) bond motifs is 1. The van der Waals surface area contributed by atoms with Gasteiger partial charge in [0.05, 0.1) is 23.2 Å². The lowest BCUT2D eigenvalue weighted by Gasteiger charge is -2.14. The van der Waals surface area contributed by atoms with Gasteiger partial charge in [0.25, 0.3) is 0 Å². The van der Waals surface area contributed by atoms with E-state index in [0.29, 0.717) is 18.0 Å². The van der Waals surface area contributed by atoms with Crippen molar-refractivity contribution in [1.29, 1.82) is 0 Å². The molecule has 1 aliphatic rings. The van der Waals surface area contributed by atoms with Gasteiger partial charge in [-0.15, -0.1) is 21.5 Å². The van der Waals surface area contributed by atoms with Crippen molar-refractivity contribution in [2.45, 2.75) is 36.4 Å². The Hall–Kier alpha value is -2.49. The molecule has 1 saturated heterocycles. The largest absolute Gasteiger partial charge is 0.397 e. The van der Waals surface area contributed by atoms with Gasteiger partial charge in [0.2, 0.25) is 0 Å². The predicted octanol–water partition coefficient (Wildman–Crippen LogP) is 4.75. The predicted molar refractivity (Wildman–Crippen MR) is 118 cm³/mol. The van der Waals surface area contributed by atoms with Crippen LogP contribution in [0.2, 0.25) is 0 Å². The Morgan fingerprint density at radius 1 is 1.27 bits per heavy atom. The smallest absolute Gasteiger partial charge is 0.191 e. The molecule has 3 aromatic heterocycles. The van der Waals surface area contributed by atoms with E-state index < -0.39 is 0 Å². The van der Waals surface area contributed by atoms with Crippen molar-refractivity contribution in [3.8, 4) is 10.7 Å². The van der Waals surface area contributed by atoms with Gasteiger partial charge in [-0.1, -0.05) is 23.9 Å². The molecule has 2 N–H and O–H groups in total. The number of nitrogens with two attached hydrogens (primary N) is 1. The molecular formula is C21H20FN5OS2. The SMILES string of the molecule is Nc1c(-c2nnc(SCc3cccc(F)c3)n2CC2CCCO2)sc2ncccc12. The number of nitrogen functional groups attached to an aromatic ring is 1. The third kappa shape index (κ3) is 3.80. The van der Waals surface area contributed by atoms with Crippen LogP contribution >= 0.6 is 23.1 Å². The van der Waals surface area contributed by atoms with E-state index in [9.17, 15) is 4.39 Å². The Morgan fingerprint density at radius 2 is 2.20 bits per heavy atom. The van der Waals surface area contributed by atoms with Crippen LogP contribution in [-0.2, 0) is 17.0 Å². The Balaban J connectivity index is 1.50. The molecule has 1 unspecified atom stereocenters. The van der Waals surface area contributed by atoms with Gasteiger partial charge >= 0.3 is 0 Å². The van der Waals surface area contributed by atoms with Gasteiger partial charge in [-0.2, -0.15) is 0 Å². The van der Waals surface area contributed by atoms with Crippen LogP contribution in [-0.4, -0.2) is 32.5 Å². The lowest BCUT2D eigenvalue weighted by Crippen LogP contribution is -2.16. The molecule has 1 fully saturated rings. The third-order valence-corrected chi connectivity index (χ3v) is 7.25. The molecule has 0 bridgehead atoms. The minimum absolute atomic E-state index is 0.127. The first-order valence-corrected chi connectivity index (χ1v) is 11.5. The minimum atomic E-state index is -0.236. The van der Waals surface area contributed by atoms with Crippen LogP contribution in [0.5, 0.6) is 0 Å². The molecular weight excluding hydrogens is 421 g/mol. The zero-order chi connectivity index (χ0) is 20.5. The quantitative estimate of drug-likeness (QED) is 0.435. The topological polar surface area (TPSA) is 78.8 Å². The molecule has 1 aliphatic heterocycles. The Kier molecular flexibility index (Phi) is 5.41. The first kappa shape index (κ1) is 19.5. The van der Waals surface area contributed by atoms with Crippen LogP contribution in [0.4, 0.5) is 10.1 Å². The van der Waals surface area contributed by atoms with E-state index in [0.717, 1.165) is 51.1 Å². The van der Waals surface area contributed by atoms with Crippen molar-refractivity contribution in [3.63, 3.8) is 0 Å². The van der Waals surface area contributed by atoms with Crippen LogP contribution in [0.1, 0.15) is 18.4 Å². The maximum Gasteiger partial charge on any atom is 0.191 e. The summed E-state index contributed by atoms with van der Waals surface area (Å²) in [5, 5.41) is 10.6. The van der Waals surface area contributed by atoms with E-state index in [1.807, 2.05) is 18.2 Å². The van der Waals surface area contributed by atoms with Crippen molar-refractivity contribution < 1.29 is 9.13 Å². The van der Waals surface area contributed by atoms with Gasteiger partial charge in [0.15, 0.2) is 11.0 Å². The highest BCUT2D eigenvalue weighted by atomic mass is 32.2. The highest BCUT2D eigenvalue weighted by molar-refractivity contribution is 7.98. The molecule has 1 atom stereocenters. The summed E-state index contributed by atoms with van der Waals surface area (Å²) in [6.45, 7) is 1.44. The molecule has 6 nitrogen and oxygen atoms in total. The molecule has 5 rings (SSSR count). The van der Waals surface area contributed by atoms with Crippen LogP contribution < -0.4 is 5.73 Å². The molecule has 0 spiro atoms. The maximum atomic E-state index is 13.5. The summed E-state index contributed by atoms with van der Waals surface area (Å²) in [6.07, 6.45) is 3.96. The average molecular weight is 442 g/mol. The van der Waals surface area contributed by atoms with Crippen molar-refractivity contribution in [2.75, 3.05) is 12.3 Å². The Morgan fingerprint density at radius 3 is 3.00 bits per heavy atom. The Labute approximate surface area is 181 Å². The molecule has 4 aromatic rings. The number of thiophene rings is 1. The first-order chi connectivity index (χ1) is 14.7. The van der Waals surface area contributed by atoms with Crippen molar-refractivity contribution in [1.82, 2.24) is 19.7 Å². The number of hydrogen-bond acceptors (Lipinski definition) is 7. The number of anilines is 1. The van der Waals surface area contributed by atoms with E-state index in [-0.39, 0.29) is 11.9 Å². The van der Waals surface area contributed by atoms with Crippen molar-refractivity contribution in [2.24, 2.45) is 0 Å². The molecule has 0 aliphatic carbocycles. The highest BCUT2D eigenvalue weighted by Crippen LogP contribution is 2.40. The number of benzene rings is 1. The standard InChI is InChI=1S/C21H20FN5OS2/c22-14-5-1-4-13(10-14)12-29-21-26-25-19(27(21)11-15-6-3-9-28-15)18-17(23)16-7-2-8-24-20(16)30-18/h1-2,4-5,7-8,10,15H,3,6,9,11-12,23H2. The first-order valence-electron chi connectivity index (χ1n) is 9.74. The molecule has 9 heteroatoms. The van der Waals surface area contributed by atoms with E-state index in [1.165, 1.54) is 29.2 Å². The number of ether oxygens (including phenoxy) is 1. The summed E-state index contributed by atoms with van der Waals surface area (Å²) in [5.41, 5.74) is 8.02. The number of rotatable bonds is 6.